The Bertz CT molecular complexity index is 782. The number of nitrogens with zero attached hydrogens (tertiary/aromatic N) is 2. The highest BCUT2D eigenvalue weighted by atomic mass is 127. The monoisotopic (exact) mass is 536 g/mol. The van der Waals surface area contributed by atoms with Crippen LogP contribution in [0.15, 0.2) is 29.3 Å². The van der Waals surface area contributed by atoms with Crippen molar-refractivity contribution in [2.24, 2.45) is 4.99 Å². The van der Waals surface area contributed by atoms with E-state index in [4.69, 9.17) is 9.73 Å². The molecule has 1 aromatic carbocycles. The van der Waals surface area contributed by atoms with Crippen LogP contribution in [0.3, 0.4) is 0 Å². The summed E-state index contributed by atoms with van der Waals surface area (Å²) in [5.41, 5.74) is 1.20. The van der Waals surface area contributed by atoms with E-state index in [0.717, 1.165) is 25.4 Å². The van der Waals surface area contributed by atoms with Gasteiger partial charge in [-0.2, -0.15) is 0 Å². The van der Waals surface area contributed by atoms with Crippen LogP contribution in [0.4, 0.5) is 0 Å². The summed E-state index contributed by atoms with van der Waals surface area (Å²) in [6.07, 6.45) is 3.06. The van der Waals surface area contributed by atoms with Gasteiger partial charge in [0.2, 0.25) is 0 Å². The highest BCUT2D eigenvalue weighted by Gasteiger charge is 2.29. The molecule has 164 valence electrons. The van der Waals surface area contributed by atoms with Gasteiger partial charge < -0.3 is 15.4 Å². The molecule has 0 saturated carbocycles. The van der Waals surface area contributed by atoms with Gasteiger partial charge in [0, 0.05) is 12.6 Å². The number of ether oxygens (including phenoxy) is 1. The third kappa shape index (κ3) is 6.99. The maximum atomic E-state index is 11.7. The second-order valence-electron chi connectivity index (χ2n) is 7.50. The van der Waals surface area contributed by atoms with Crippen LogP contribution in [0.5, 0.6) is 5.75 Å². The maximum Gasteiger partial charge on any atom is 0.191 e. The fraction of sp³-hybridized carbons (Fsp3) is 0.650. The molecule has 2 fully saturated rings. The molecule has 1 aromatic rings. The fourth-order valence-corrected chi connectivity index (χ4v) is 5.61. The number of guanidine groups is 1. The third-order valence-electron chi connectivity index (χ3n) is 5.40. The number of likely N-dealkylation sites (tertiary alicyclic amines) is 1. The van der Waals surface area contributed by atoms with Crippen molar-refractivity contribution >= 4 is 39.8 Å². The van der Waals surface area contributed by atoms with Crippen LogP contribution in [0.25, 0.3) is 0 Å². The average molecular weight is 536 g/mol. The quantitative estimate of drug-likeness (QED) is 0.316. The number of halogens is 1. The molecule has 0 amide bonds. The Morgan fingerprint density at radius 3 is 2.72 bits per heavy atom. The van der Waals surface area contributed by atoms with Gasteiger partial charge in [0.1, 0.15) is 5.75 Å². The van der Waals surface area contributed by atoms with Crippen LogP contribution >= 0.6 is 24.0 Å². The number of rotatable bonds is 7. The van der Waals surface area contributed by atoms with Gasteiger partial charge in [-0.05, 0) is 57.0 Å². The zero-order chi connectivity index (χ0) is 20.0. The smallest absolute Gasteiger partial charge is 0.191 e. The van der Waals surface area contributed by atoms with Crippen LogP contribution in [0.1, 0.15) is 37.8 Å². The maximum absolute atomic E-state index is 11.7. The molecule has 2 saturated heterocycles. The van der Waals surface area contributed by atoms with Crippen LogP contribution < -0.4 is 15.4 Å². The first-order valence-electron chi connectivity index (χ1n) is 10.1. The molecule has 0 aliphatic carbocycles. The van der Waals surface area contributed by atoms with E-state index in [1.165, 1.54) is 18.4 Å². The molecule has 2 heterocycles. The number of sulfone groups is 1. The van der Waals surface area contributed by atoms with Gasteiger partial charge in [-0.1, -0.05) is 12.1 Å². The molecule has 2 N–H and O–H groups in total. The number of aliphatic imine (C=N–C) groups is 1. The van der Waals surface area contributed by atoms with E-state index in [0.29, 0.717) is 18.9 Å². The summed E-state index contributed by atoms with van der Waals surface area (Å²) >= 11 is 0. The largest absolute Gasteiger partial charge is 0.497 e. The lowest BCUT2D eigenvalue weighted by Crippen LogP contribution is -2.44. The zero-order valence-corrected chi connectivity index (χ0v) is 20.4. The van der Waals surface area contributed by atoms with Crippen LogP contribution in [0, 0.1) is 0 Å². The van der Waals surface area contributed by atoms with Gasteiger partial charge in [-0.15, -0.1) is 24.0 Å². The Balaban J connectivity index is 0.00000300. The lowest BCUT2D eigenvalue weighted by Gasteiger charge is -2.27. The summed E-state index contributed by atoms with van der Waals surface area (Å²) in [6.45, 7) is 5.51. The minimum absolute atomic E-state index is 0. The first-order chi connectivity index (χ1) is 13.5. The fourth-order valence-electron chi connectivity index (χ4n) is 3.93. The van der Waals surface area contributed by atoms with E-state index in [2.05, 4.69) is 27.7 Å². The summed E-state index contributed by atoms with van der Waals surface area (Å²) in [5.74, 6) is 1.98. The van der Waals surface area contributed by atoms with Crippen molar-refractivity contribution in [2.45, 2.75) is 38.3 Å². The van der Waals surface area contributed by atoms with E-state index in [1.54, 1.807) is 7.11 Å². The molecule has 7 nitrogen and oxygen atoms in total. The van der Waals surface area contributed by atoms with E-state index in [-0.39, 0.29) is 47.6 Å². The Morgan fingerprint density at radius 2 is 2.10 bits per heavy atom. The SMILES string of the molecule is CCNC(=NCC(c1cccc(OC)c1)N1CCCC1)NC1CCS(=O)(=O)C1.I. The zero-order valence-electron chi connectivity index (χ0n) is 17.3. The molecule has 2 atom stereocenters. The number of hydrogen-bond donors (Lipinski definition) is 2. The number of hydrogen-bond acceptors (Lipinski definition) is 5. The highest BCUT2D eigenvalue weighted by Crippen LogP contribution is 2.28. The molecule has 2 unspecified atom stereocenters. The van der Waals surface area contributed by atoms with Gasteiger partial charge in [-0.25, -0.2) is 8.42 Å². The van der Waals surface area contributed by atoms with Crippen molar-refractivity contribution in [3.8, 4) is 5.75 Å². The first-order valence-corrected chi connectivity index (χ1v) is 12.0. The molecule has 29 heavy (non-hydrogen) atoms. The highest BCUT2D eigenvalue weighted by molar-refractivity contribution is 14.0. The van der Waals surface area contributed by atoms with Gasteiger partial charge in [0.15, 0.2) is 15.8 Å². The molecule has 3 rings (SSSR count). The summed E-state index contributed by atoms with van der Waals surface area (Å²) in [7, 11) is -1.23. The Labute approximate surface area is 191 Å². The van der Waals surface area contributed by atoms with Crippen LogP contribution in [0.2, 0.25) is 0 Å². The van der Waals surface area contributed by atoms with Gasteiger partial charge in [-0.3, -0.25) is 9.89 Å². The third-order valence-corrected chi connectivity index (χ3v) is 7.17. The Kier molecular flexibility index (Phi) is 9.48. The van der Waals surface area contributed by atoms with Gasteiger partial charge in [0.25, 0.3) is 0 Å². The minimum atomic E-state index is -2.92. The molecular formula is C20H33IN4O3S. The van der Waals surface area contributed by atoms with Crippen molar-refractivity contribution in [3.63, 3.8) is 0 Å². The standard InChI is InChI=1S/C20H32N4O3S.HI/c1-3-21-20(23-17-9-12-28(25,26)15-17)22-14-19(24-10-4-5-11-24)16-7-6-8-18(13-16)27-2;/h6-8,13,17,19H,3-5,9-12,14-15H2,1-2H3,(H2,21,22,23);1H. The normalized spacial score (nSPS) is 22.7. The summed E-state index contributed by atoms with van der Waals surface area (Å²) in [5, 5.41) is 6.57. The van der Waals surface area contributed by atoms with Crippen LogP contribution in [-0.2, 0) is 9.84 Å². The lowest BCUT2D eigenvalue weighted by atomic mass is 10.1. The molecule has 9 heteroatoms. The molecular weight excluding hydrogens is 503 g/mol. The number of methoxy groups -OCH3 is 1. The average Bonchev–Trinajstić information content (AvgIpc) is 3.32. The molecule has 0 aromatic heterocycles. The van der Waals surface area contributed by atoms with Crippen molar-refractivity contribution in [3.05, 3.63) is 29.8 Å². The molecule has 2 aliphatic heterocycles. The first kappa shape index (κ1) is 24.2. The lowest BCUT2D eigenvalue weighted by molar-refractivity contribution is 0.251. The number of nitrogens with one attached hydrogen (secondary N) is 2. The summed E-state index contributed by atoms with van der Waals surface area (Å²) in [6, 6.07) is 8.31. The predicted molar refractivity (Wildman–Crippen MR) is 128 cm³/mol. The van der Waals surface area contributed by atoms with Crippen LogP contribution in [-0.4, -0.2) is 70.1 Å². The van der Waals surface area contributed by atoms with E-state index in [9.17, 15) is 8.42 Å². The van der Waals surface area contributed by atoms with Crippen molar-refractivity contribution in [1.82, 2.24) is 15.5 Å². The minimum Gasteiger partial charge on any atom is -0.497 e. The summed E-state index contributed by atoms with van der Waals surface area (Å²) < 4.78 is 28.9. The van der Waals surface area contributed by atoms with Gasteiger partial charge >= 0.3 is 0 Å². The van der Waals surface area contributed by atoms with E-state index < -0.39 is 9.84 Å². The van der Waals surface area contributed by atoms with Crippen molar-refractivity contribution in [1.29, 1.82) is 0 Å². The van der Waals surface area contributed by atoms with Crippen molar-refractivity contribution in [2.75, 3.05) is 44.8 Å². The Hall–Kier alpha value is -1.07. The van der Waals surface area contributed by atoms with Crippen molar-refractivity contribution < 1.29 is 13.2 Å². The molecule has 0 bridgehead atoms. The second kappa shape index (κ2) is 11.4. The molecule has 0 spiro atoms. The van der Waals surface area contributed by atoms with E-state index >= 15 is 0 Å². The van der Waals surface area contributed by atoms with E-state index in [1.807, 2.05) is 19.1 Å². The predicted octanol–water partition coefficient (Wildman–Crippen LogP) is 2.19. The Morgan fingerprint density at radius 1 is 1.34 bits per heavy atom. The van der Waals surface area contributed by atoms with Gasteiger partial charge in [0.05, 0.1) is 31.2 Å². The molecule has 2 aliphatic rings. The topological polar surface area (TPSA) is 83.0 Å². The number of benzene rings is 1. The molecule has 0 radical (unpaired) electrons. The second-order valence-corrected chi connectivity index (χ2v) is 9.73. The summed E-state index contributed by atoms with van der Waals surface area (Å²) in [4.78, 5) is 7.29.